The van der Waals surface area contributed by atoms with Gasteiger partial charge in [-0.25, -0.2) is 0 Å². The van der Waals surface area contributed by atoms with E-state index in [1.54, 1.807) is 11.7 Å². The van der Waals surface area contributed by atoms with Gasteiger partial charge in [-0.05, 0) is 0 Å². The number of nitrogens with one attached hydrogen (secondary N) is 2. The van der Waals surface area contributed by atoms with Crippen LogP contribution >= 0.6 is 0 Å². The lowest BCUT2D eigenvalue weighted by atomic mass is 10.3. The average Bonchev–Trinajstić information content (AvgIpc) is 2.58. The van der Waals surface area contributed by atoms with Gasteiger partial charge in [0.1, 0.15) is 0 Å². The second kappa shape index (κ2) is 5.39. The molecule has 0 bridgehead atoms. The maximum Gasteiger partial charge on any atom is 0.221 e. The van der Waals surface area contributed by atoms with E-state index in [1.807, 2.05) is 19.4 Å². The van der Waals surface area contributed by atoms with Crippen LogP contribution in [0.25, 0.3) is 0 Å². The first-order valence-electron chi connectivity index (χ1n) is 4.61. The monoisotopic (exact) mass is 196 g/mol. The molecule has 0 aliphatic rings. The zero-order chi connectivity index (χ0) is 10.4. The fourth-order valence-corrected chi connectivity index (χ4v) is 1.12. The van der Waals surface area contributed by atoms with Gasteiger partial charge in [0.05, 0.1) is 6.20 Å². The Hall–Kier alpha value is -1.36. The Labute approximate surface area is 83.5 Å². The van der Waals surface area contributed by atoms with Crippen molar-refractivity contribution < 1.29 is 4.79 Å². The van der Waals surface area contributed by atoms with Gasteiger partial charge in [0, 0.05) is 45.4 Å². The fraction of sp³-hybridized carbons (Fsp3) is 0.556. The number of carbonyl (C=O) groups excluding carboxylic acids is 1. The molecule has 0 fully saturated rings. The molecule has 0 radical (unpaired) electrons. The Morgan fingerprint density at radius 1 is 1.64 bits per heavy atom. The van der Waals surface area contributed by atoms with Crippen molar-refractivity contribution in [3.8, 4) is 0 Å². The molecule has 0 unspecified atom stereocenters. The number of amides is 1. The van der Waals surface area contributed by atoms with Gasteiger partial charge in [-0.15, -0.1) is 0 Å². The highest BCUT2D eigenvalue weighted by Crippen LogP contribution is 1.94. The first-order valence-corrected chi connectivity index (χ1v) is 4.61. The second-order valence-electron chi connectivity index (χ2n) is 3.12. The topological polar surface area (TPSA) is 59.0 Å². The van der Waals surface area contributed by atoms with Gasteiger partial charge in [0.25, 0.3) is 0 Å². The highest BCUT2D eigenvalue weighted by atomic mass is 16.1. The number of carbonyl (C=O) groups is 1. The van der Waals surface area contributed by atoms with Crippen molar-refractivity contribution >= 4 is 5.91 Å². The van der Waals surface area contributed by atoms with Gasteiger partial charge in [0.15, 0.2) is 0 Å². The number of aryl methyl sites for hydroxylation is 1. The first-order chi connectivity index (χ1) is 6.72. The lowest BCUT2D eigenvalue weighted by Gasteiger charge is -2.01. The maximum absolute atomic E-state index is 10.9. The van der Waals surface area contributed by atoms with Gasteiger partial charge in [-0.3, -0.25) is 9.48 Å². The van der Waals surface area contributed by atoms with E-state index in [0.717, 1.165) is 12.1 Å². The third-order valence-electron chi connectivity index (χ3n) is 1.90. The molecule has 2 N–H and O–H groups in total. The molecule has 14 heavy (non-hydrogen) atoms. The van der Waals surface area contributed by atoms with Crippen LogP contribution in [0, 0.1) is 0 Å². The van der Waals surface area contributed by atoms with Crippen molar-refractivity contribution in [2.24, 2.45) is 7.05 Å². The van der Waals surface area contributed by atoms with E-state index in [1.165, 1.54) is 0 Å². The van der Waals surface area contributed by atoms with Gasteiger partial charge in [0.2, 0.25) is 5.91 Å². The van der Waals surface area contributed by atoms with Crippen LogP contribution in [0.5, 0.6) is 0 Å². The summed E-state index contributed by atoms with van der Waals surface area (Å²) < 4.78 is 1.76. The second-order valence-corrected chi connectivity index (χ2v) is 3.12. The highest BCUT2D eigenvalue weighted by molar-refractivity contribution is 5.75. The van der Waals surface area contributed by atoms with Crippen LogP contribution in [0.15, 0.2) is 12.4 Å². The number of hydrogen-bond donors (Lipinski definition) is 2. The number of nitrogens with zero attached hydrogens (tertiary/aromatic N) is 2. The molecule has 0 aromatic carbocycles. The zero-order valence-electron chi connectivity index (χ0n) is 8.58. The normalized spacial score (nSPS) is 10.1. The zero-order valence-corrected chi connectivity index (χ0v) is 8.58. The van der Waals surface area contributed by atoms with Crippen LogP contribution in [0.1, 0.15) is 12.0 Å². The predicted octanol–water partition coefficient (Wildman–Crippen LogP) is -0.354. The molecule has 0 saturated carbocycles. The van der Waals surface area contributed by atoms with Crippen molar-refractivity contribution in [1.82, 2.24) is 20.4 Å². The SMILES string of the molecule is CNC(=O)CCNCc1cnn(C)c1. The minimum absolute atomic E-state index is 0.0590. The minimum atomic E-state index is 0.0590. The molecule has 5 nitrogen and oxygen atoms in total. The Morgan fingerprint density at radius 2 is 2.43 bits per heavy atom. The molecule has 1 aromatic heterocycles. The third kappa shape index (κ3) is 3.57. The molecule has 1 amide bonds. The Balaban J connectivity index is 2.13. The molecule has 0 aliphatic heterocycles. The van der Waals surface area contributed by atoms with Gasteiger partial charge >= 0.3 is 0 Å². The summed E-state index contributed by atoms with van der Waals surface area (Å²) in [6.45, 7) is 1.44. The van der Waals surface area contributed by atoms with E-state index in [-0.39, 0.29) is 5.91 Å². The molecular weight excluding hydrogens is 180 g/mol. The molecule has 1 aromatic rings. The molecule has 1 heterocycles. The van der Waals surface area contributed by atoms with Crippen molar-refractivity contribution in [3.63, 3.8) is 0 Å². The summed E-state index contributed by atoms with van der Waals surface area (Å²) in [6.07, 6.45) is 4.27. The molecular formula is C9H16N4O. The number of hydrogen-bond acceptors (Lipinski definition) is 3. The van der Waals surface area contributed by atoms with Crippen LogP contribution < -0.4 is 10.6 Å². The Bertz CT molecular complexity index is 295. The van der Waals surface area contributed by atoms with Crippen molar-refractivity contribution in [2.75, 3.05) is 13.6 Å². The summed E-state index contributed by atoms with van der Waals surface area (Å²) in [5, 5.41) is 9.78. The number of aromatic nitrogens is 2. The molecule has 1 rings (SSSR count). The molecule has 0 spiro atoms. The van der Waals surface area contributed by atoms with Crippen LogP contribution in [0.2, 0.25) is 0 Å². The van der Waals surface area contributed by atoms with Crippen molar-refractivity contribution in [3.05, 3.63) is 18.0 Å². The Morgan fingerprint density at radius 3 is 3.00 bits per heavy atom. The summed E-state index contributed by atoms with van der Waals surface area (Å²) in [6, 6.07) is 0. The van der Waals surface area contributed by atoms with Crippen molar-refractivity contribution in [1.29, 1.82) is 0 Å². The lowest BCUT2D eigenvalue weighted by Crippen LogP contribution is -2.24. The van der Waals surface area contributed by atoms with E-state index < -0.39 is 0 Å². The van der Waals surface area contributed by atoms with E-state index in [4.69, 9.17) is 0 Å². The van der Waals surface area contributed by atoms with Crippen LogP contribution in [0.3, 0.4) is 0 Å². The molecule has 78 valence electrons. The highest BCUT2D eigenvalue weighted by Gasteiger charge is 1.98. The van der Waals surface area contributed by atoms with Gasteiger partial charge in [-0.2, -0.15) is 5.10 Å². The summed E-state index contributed by atoms with van der Waals surface area (Å²) in [7, 11) is 3.53. The Kier molecular flexibility index (Phi) is 4.12. The summed E-state index contributed by atoms with van der Waals surface area (Å²) in [5.41, 5.74) is 1.13. The standard InChI is InChI=1S/C9H16N4O/c1-10-9(14)3-4-11-5-8-6-12-13(2)7-8/h6-7,11H,3-5H2,1-2H3,(H,10,14). The first kappa shape index (κ1) is 10.7. The average molecular weight is 196 g/mol. The largest absolute Gasteiger partial charge is 0.359 e. The molecule has 0 atom stereocenters. The van der Waals surface area contributed by atoms with E-state index >= 15 is 0 Å². The fourth-order valence-electron chi connectivity index (χ4n) is 1.12. The minimum Gasteiger partial charge on any atom is -0.359 e. The van der Waals surface area contributed by atoms with Crippen LogP contribution in [-0.2, 0) is 18.4 Å². The molecule has 0 aliphatic carbocycles. The summed E-state index contributed by atoms with van der Waals surface area (Å²) >= 11 is 0. The van der Waals surface area contributed by atoms with Gasteiger partial charge < -0.3 is 10.6 Å². The third-order valence-corrected chi connectivity index (χ3v) is 1.90. The molecule has 0 saturated heterocycles. The van der Waals surface area contributed by atoms with Crippen molar-refractivity contribution in [2.45, 2.75) is 13.0 Å². The maximum atomic E-state index is 10.9. The van der Waals surface area contributed by atoms with Crippen LogP contribution in [0.4, 0.5) is 0 Å². The lowest BCUT2D eigenvalue weighted by molar-refractivity contribution is -0.120. The predicted molar refractivity (Wildman–Crippen MR) is 53.6 cm³/mol. The summed E-state index contributed by atoms with van der Waals surface area (Å²) in [4.78, 5) is 10.9. The smallest absolute Gasteiger partial charge is 0.221 e. The molecule has 5 heteroatoms. The number of rotatable bonds is 5. The summed E-state index contributed by atoms with van der Waals surface area (Å²) in [5.74, 6) is 0.0590. The van der Waals surface area contributed by atoms with E-state index in [0.29, 0.717) is 13.0 Å². The van der Waals surface area contributed by atoms with Crippen LogP contribution in [-0.4, -0.2) is 29.3 Å². The van der Waals surface area contributed by atoms with E-state index in [9.17, 15) is 4.79 Å². The quantitative estimate of drug-likeness (QED) is 0.633. The van der Waals surface area contributed by atoms with E-state index in [2.05, 4.69) is 15.7 Å². The van der Waals surface area contributed by atoms with Gasteiger partial charge in [-0.1, -0.05) is 0 Å².